The van der Waals surface area contributed by atoms with Crippen molar-refractivity contribution < 1.29 is 30.4 Å². The molecular formula is C18H14ClF5N4O2S. The number of nitrogens with zero attached hydrogens (tertiary/aromatic N) is 2. The summed E-state index contributed by atoms with van der Waals surface area (Å²) in [4.78, 5) is 10.2. The SMILES string of the molecule is Cc1[nH]c(C(Nc2ncc(C(F)(F)F)cc2F)c2ccc(F)c(Cl)c2)nc1S(C)(=O)=O. The van der Waals surface area contributed by atoms with Crippen molar-refractivity contribution in [2.75, 3.05) is 11.6 Å². The minimum atomic E-state index is -4.79. The molecule has 2 N–H and O–H groups in total. The second kappa shape index (κ2) is 8.08. The van der Waals surface area contributed by atoms with Gasteiger partial charge in [0, 0.05) is 12.5 Å². The molecule has 0 saturated heterocycles. The molecule has 0 aliphatic carbocycles. The highest BCUT2D eigenvalue weighted by atomic mass is 35.5. The first kappa shape index (κ1) is 22.9. The van der Waals surface area contributed by atoms with E-state index in [1.165, 1.54) is 19.1 Å². The zero-order valence-electron chi connectivity index (χ0n) is 15.9. The molecule has 2 aromatic heterocycles. The molecule has 1 aromatic carbocycles. The first-order chi connectivity index (χ1) is 14.3. The zero-order valence-corrected chi connectivity index (χ0v) is 17.4. The Labute approximate surface area is 178 Å². The Morgan fingerprint density at radius 1 is 1.16 bits per heavy atom. The van der Waals surface area contributed by atoms with Crippen LogP contribution in [-0.4, -0.2) is 29.6 Å². The standard InChI is InChI=1S/C18H14ClF5N4O2S/c1-8-17(31(2,29)30)28-16(26-8)14(9-3-4-12(20)11(19)5-9)27-15-13(21)6-10(7-25-15)18(22,23)24/h3-7,14H,1-2H3,(H,25,27)(H,26,28). The van der Waals surface area contributed by atoms with Crippen LogP contribution in [0.4, 0.5) is 27.8 Å². The van der Waals surface area contributed by atoms with Gasteiger partial charge < -0.3 is 10.3 Å². The monoisotopic (exact) mass is 480 g/mol. The summed E-state index contributed by atoms with van der Waals surface area (Å²) in [7, 11) is -3.72. The Hall–Kier alpha value is -2.73. The molecule has 0 aliphatic rings. The lowest BCUT2D eigenvalue weighted by Gasteiger charge is -2.19. The molecule has 6 nitrogen and oxygen atoms in total. The first-order valence-electron chi connectivity index (χ1n) is 8.48. The van der Waals surface area contributed by atoms with E-state index in [0.29, 0.717) is 6.20 Å². The number of benzene rings is 1. The molecule has 1 atom stereocenters. The number of hydrogen-bond acceptors (Lipinski definition) is 5. The number of aromatic amines is 1. The molecular weight excluding hydrogens is 467 g/mol. The van der Waals surface area contributed by atoms with E-state index in [2.05, 4.69) is 20.3 Å². The van der Waals surface area contributed by atoms with Gasteiger partial charge in [0.15, 0.2) is 26.5 Å². The van der Waals surface area contributed by atoms with Gasteiger partial charge in [0.2, 0.25) is 0 Å². The van der Waals surface area contributed by atoms with E-state index in [0.717, 1.165) is 12.3 Å². The third kappa shape index (κ3) is 4.96. The van der Waals surface area contributed by atoms with Crippen molar-refractivity contribution in [3.63, 3.8) is 0 Å². The number of rotatable bonds is 5. The van der Waals surface area contributed by atoms with Crippen LogP contribution < -0.4 is 5.32 Å². The van der Waals surface area contributed by atoms with E-state index in [9.17, 15) is 30.4 Å². The van der Waals surface area contributed by atoms with Gasteiger partial charge in [-0.2, -0.15) is 13.2 Å². The van der Waals surface area contributed by atoms with Crippen LogP contribution in [0.3, 0.4) is 0 Å². The van der Waals surface area contributed by atoms with Crippen LogP contribution in [0.5, 0.6) is 0 Å². The van der Waals surface area contributed by atoms with E-state index in [1.54, 1.807) is 0 Å². The molecule has 0 amide bonds. The van der Waals surface area contributed by atoms with Crippen LogP contribution >= 0.6 is 11.6 Å². The normalized spacial score (nSPS) is 13.3. The third-order valence-corrected chi connectivity index (χ3v) is 5.60. The predicted molar refractivity (Wildman–Crippen MR) is 103 cm³/mol. The molecule has 166 valence electrons. The number of imidazole rings is 1. The van der Waals surface area contributed by atoms with Gasteiger partial charge in [-0.05, 0) is 30.7 Å². The van der Waals surface area contributed by atoms with Gasteiger partial charge in [0.1, 0.15) is 17.7 Å². The summed E-state index contributed by atoms with van der Waals surface area (Å²) in [6, 6.07) is 2.61. The topological polar surface area (TPSA) is 87.7 Å². The van der Waals surface area contributed by atoms with Gasteiger partial charge in [0.05, 0.1) is 16.3 Å². The highest BCUT2D eigenvalue weighted by Crippen LogP contribution is 2.33. The molecule has 0 spiro atoms. The van der Waals surface area contributed by atoms with Crippen LogP contribution in [0.2, 0.25) is 5.02 Å². The summed E-state index contributed by atoms with van der Waals surface area (Å²) in [5, 5.41) is 2.02. The molecule has 31 heavy (non-hydrogen) atoms. The summed E-state index contributed by atoms with van der Waals surface area (Å²) in [5.41, 5.74) is -0.884. The lowest BCUT2D eigenvalue weighted by Crippen LogP contribution is -2.17. The largest absolute Gasteiger partial charge is 0.417 e. The summed E-state index contributed by atoms with van der Waals surface area (Å²) in [6.45, 7) is 1.44. The summed E-state index contributed by atoms with van der Waals surface area (Å²) >= 11 is 5.82. The second-order valence-electron chi connectivity index (χ2n) is 6.63. The highest BCUT2D eigenvalue weighted by molar-refractivity contribution is 7.90. The van der Waals surface area contributed by atoms with Gasteiger partial charge in [-0.15, -0.1) is 0 Å². The number of pyridine rings is 1. The molecule has 0 saturated carbocycles. The van der Waals surface area contributed by atoms with Crippen molar-refractivity contribution in [3.8, 4) is 0 Å². The van der Waals surface area contributed by atoms with E-state index in [-0.39, 0.29) is 33.2 Å². The number of nitrogens with one attached hydrogen (secondary N) is 2. The van der Waals surface area contributed by atoms with E-state index >= 15 is 0 Å². The smallest absolute Gasteiger partial charge is 0.354 e. The van der Waals surface area contributed by atoms with Crippen LogP contribution in [0, 0.1) is 18.6 Å². The fraction of sp³-hybridized carbons (Fsp3) is 0.222. The summed E-state index contributed by atoms with van der Waals surface area (Å²) < 4.78 is 90.1. The van der Waals surface area contributed by atoms with Gasteiger partial charge >= 0.3 is 6.18 Å². The van der Waals surface area contributed by atoms with E-state index in [1.807, 2.05) is 0 Å². The molecule has 13 heteroatoms. The number of H-pyrrole nitrogens is 1. The Morgan fingerprint density at radius 2 is 1.84 bits per heavy atom. The number of halogens is 6. The maximum atomic E-state index is 14.4. The third-order valence-electron chi connectivity index (χ3n) is 4.21. The van der Waals surface area contributed by atoms with Crippen molar-refractivity contribution in [3.05, 3.63) is 69.8 Å². The van der Waals surface area contributed by atoms with Gasteiger partial charge in [-0.25, -0.2) is 27.2 Å². The quantitative estimate of drug-likeness (QED) is 0.518. The molecule has 3 aromatic rings. The van der Waals surface area contributed by atoms with Crippen LogP contribution in [0.15, 0.2) is 35.5 Å². The van der Waals surface area contributed by atoms with Crippen molar-refractivity contribution in [2.24, 2.45) is 0 Å². The minimum absolute atomic E-state index is 0.0262. The van der Waals surface area contributed by atoms with Crippen molar-refractivity contribution >= 4 is 27.3 Å². The Bertz CT molecular complexity index is 1240. The lowest BCUT2D eigenvalue weighted by molar-refractivity contribution is -0.138. The fourth-order valence-electron chi connectivity index (χ4n) is 2.80. The lowest BCUT2D eigenvalue weighted by atomic mass is 10.1. The Balaban J connectivity index is 2.10. The molecule has 0 aliphatic heterocycles. The van der Waals surface area contributed by atoms with Gasteiger partial charge in [0.25, 0.3) is 0 Å². The first-order valence-corrected chi connectivity index (χ1v) is 10.7. The number of aryl methyl sites for hydroxylation is 1. The maximum absolute atomic E-state index is 14.4. The number of anilines is 1. The zero-order chi connectivity index (χ0) is 23.1. The van der Waals surface area contributed by atoms with Gasteiger partial charge in [-0.3, -0.25) is 0 Å². The average Bonchev–Trinajstić information content (AvgIpc) is 3.04. The van der Waals surface area contributed by atoms with Crippen LogP contribution in [0.25, 0.3) is 0 Å². The van der Waals surface area contributed by atoms with Crippen molar-refractivity contribution in [2.45, 2.75) is 24.2 Å². The maximum Gasteiger partial charge on any atom is 0.417 e. The van der Waals surface area contributed by atoms with Crippen LogP contribution in [0.1, 0.15) is 28.7 Å². The van der Waals surface area contributed by atoms with Crippen molar-refractivity contribution in [1.82, 2.24) is 15.0 Å². The average molecular weight is 481 g/mol. The highest BCUT2D eigenvalue weighted by Gasteiger charge is 2.32. The Kier molecular flexibility index (Phi) is 5.98. The minimum Gasteiger partial charge on any atom is -0.354 e. The number of aromatic nitrogens is 3. The summed E-state index contributed by atoms with van der Waals surface area (Å²) in [6.07, 6.45) is -3.41. The van der Waals surface area contributed by atoms with E-state index in [4.69, 9.17) is 11.6 Å². The van der Waals surface area contributed by atoms with E-state index < -0.39 is 45.1 Å². The molecule has 0 radical (unpaired) electrons. The van der Waals surface area contributed by atoms with Crippen LogP contribution in [-0.2, 0) is 16.0 Å². The number of sulfone groups is 1. The summed E-state index contributed by atoms with van der Waals surface area (Å²) in [5.74, 6) is -2.63. The molecule has 2 heterocycles. The number of alkyl halides is 3. The Morgan fingerprint density at radius 3 is 2.35 bits per heavy atom. The van der Waals surface area contributed by atoms with Crippen molar-refractivity contribution in [1.29, 1.82) is 0 Å². The molecule has 0 bridgehead atoms. The molecule has 0 fully saturated rings. The fourth-order valence-corrected chi connectivity index (χ4v) is 3.86. The predicted octanol–water partition coefficient (Wildman–Crippen LogP) is 4.67. The molecule has 1 unspecified atom stereocenters. The number of hydrogen-bond donors (Lipinski definition) is 2. The molecule has 3 rings (SSSR count). The second-order valence-corrected chi connectivity index (χ2v) is 8.97. The van der Waals surface area contributed by atoms with Gasteiger partial charge in [-0.1, -0.05) is 17.7 Å².